The van der Waals surface area contributed by atoms with Crippen LogP contribution in [0.1, 0.15) is 5.56 Å². The first kappa shape index (κ1) is 14.6. The molecule has 0 saturated heterocycles. The molecule has 2 N–H and O–H groups in total. The van der Waals surface area contributed by atoms with Gasteiger partial charge in [-0.25, -0.2) is 0 Å². The number of rotatable bonds is 4. The largest absolute Gasteiger partial charge is 0.506 e. The lowest BCUT2D eigenvalue weighted by Gasteiger charge is -2.09. The molecule has 0 radical (unpaired) electrons. The Balaban J connectivity index is 2.13. The first-order valence-corrected chi connectivity index (χ1v) is 6.80. The zero-order chi connectivity index (χ0) is 14.7. The van der Waals surface area contributed by atoms with Gasteiger partial charge >= 0.3 is 0 Å². The Hall–Kier alpha value is -1.79. The summed E-state index contributed by atoms with van der Waals surface area (Å²) in [4.78, 5) is 10.1. The normalized spacial score (nSPS) is 10.3. The van der Waals surface area contributed by atoms with Gasteiger partial charge in [0.25, 0.3) is 5.69 Å². The van der Waals surface area contributed by atoms with Crippen LogP contribution in [0, 0.1) is 10.1 Å². The Morgan fingerprint density at radius 3 is 2.75 bits per heavy atom. The fraction of sp³-hybridized carbons (Fsp3) is 0.0769. The van der Waals surface area contributed by atoms with Gasteiger partial charge in [-0.05, 0) is 34.1 Å². The summed E-state index contributed by atoms with van der Waals surface area (Å²) in [7, 11) is 0. The van der Waals surface area contributed by atoms with E-state index in [2.05, 4.69) is 21.2 Å². The number of anilines is 1. The van der Waals surface area contributed by atoms with Gasteiger partial charge in [-0.2, -0.15) is 0 Å². The van der Waals surface area contributed by atoms with E-state index in [1.165, 1.54) is 12.1 Å². The number of hydrogen-bond donors (Lipinski definition) is 2. The highest BCUT2D eigenvalue weighted by Gasteiger charge is 2.12. The molecule has 0 fully saturated rings. The quantitative estimate of drug-likeness (QED) is 0.631. The van der Waals surface area contributed by atoms with Crippen LogP contribution in [-0.2, 0) is 6.54 Å². The van der Waals surface area contributed by atoms with E-state index in [-0.39, 0.29) is 16.5 Å². The number of nitrogens with zero attached hydrogens (tertiary/aromatic N) is 1. The van der Waals surface area contributed by atoms with E-state index >= 15 is 0 Å². The van der Waals surface area contributed by atoms with Crippen LogP contribution in [0.5, 0.6) is 5.75 Å². The van der Waals surface area contributed by atoms with Gasteiger partial charge in [0.15, 0.2) is 0 Å². The van der Waals surface area contributed by atoms with Crippen molar-refractivity contribution in [3.63, 3.8) is 0 Å². The average Bonchev–Trinajstić information content (AvgIpc) is 2.40. The van der Waals surface area contributed by atoms with Crippen molar-refractivity contribution < 1.29 is 10.0 Å². The molecule has 0 saturated carbocycles. The zero-order valence-electron chi connectivity index (χ0n) is 10.1. The molecular formula is C13H10BrClN2O3. The molecule has 2 aromatic carbocycles. The topological polar surface area (TPSA) is 75.4 Å². The molecular weight excluding hydrogens is 348 g/mol. The maximum absolute atomic E-state index is 10.7. The van der Waals surface area contributed by atoms with Crippen LogP contribution in [0.4, 0.5) is 11.4 Å². The molecule has 0 amide bonds. The summed E-state index contributed by atoms with van der Waals surface area (Å²) >= 11 is 9.06. The van der Waals surface area contributed by atoms with Crippen LogP contribution in [0.2, 0.25) is 5.02 Å². The van der Waals surface area contributed by atoms with Crippen LogP contribution < -0.4 is 5.32 Å². The third-order valence-electron chi connectivity index (χ3n) is 2.70. The first-order valence-electron chi connectivity index (χ1n) is 5.63. The number of nitro benzene ring substituents is 1. The number of phenols is 1. The summed E-state index contributed by atoms with van der Waals surface area (Å²) in [6, 6.07) is 9.71. The molecule has 20 heavy (non-hydrogen) atoms. The fourth-order valence-corrected chi connectivity index (χ4v) is 2.32. The van der Waals surface area contributed by atoms with E-state index in [1.807, 2.05) is 6.07 Å². The van der Waals surface area contributed by atoms with E-state index in [9.17, 15) is 15.2 Å². The minimum atomic E-state index is -0.535. The van der Waals surface area contributed by atoms with Gasteiger partial charge in [0.2, 0.25) is 0 Å². The summed E-state index contributed by atoms with van der Waals surface area (Å²) in [6.07, 6.45) is 0. The van der Waals surface area contributed by atoms with Gasteiger partial charge in [-0.3, -0.25) is 10.1 Å². The Morgan fingerprint density at radius 1 is 1.35 bits per heavy atom. The Labute approximate surface area is 128 Å². The van der Waals surface area contributed by atoms with Crippen molar-refractivity contribution in [3.8, 4) is 5.75 Å². The number of halogens is 2. The molecule has 104 valence electrons. The Bertz CT molecular complexity index is 664. The van der Waals surface area contributed by atoms with Gasteiger partial charge in [-0.1, -0.05) is 23.7 Å². The minimum Gasteiger partial charge on any atom is -0.506 e. The smallest absolute Gasteiger partial charge is 0.288 e. The summed E-state index contributed by atoms with van der Waals surface area (Å²) in [5.41, 5.74) is 1.20. The van der Waals surface area contributed by atoms with Crippen LogP contribution in [0.15, 0.2) is 40.9 Å². The molecule has 0 unspecified atom stereocenters. The predicted octanol–water partition coefficient (Wildman–Crippen LogP) is 4.33. The van der Waals surface area contributed by atoms with E-state index in [1.54, 1.807) is 18.2 Å². The molecule has 0 aliphatic rings. The summed E-state index contributed by atoms with van der Waals surface area (Å²) in [5, 5.41) is 23.6. The number of hydrogen-bond acceptors (Lipinski definition) is 4. The number of benzene rings is 2. The van der Waals surface area contributed by atoms with Crippen LogP contribution in [-0.4, -0.2) is 10.0 Å². The molecule has 0 bridgehead atoms. The highest BCUT2D eigenvalue weighted by Crippen LogP contribution is 2.30. The number of para-hydroxylation sites is 1. The third-order valence-corrected chi connectivity index (χ3v) is 3.64. The van der Waals surface area contributed by atoms with Crippen molar-refractivity contribution in [2.24, 2.45) is 0 Å². The lowest BCUT2D eigenvalue weighted by molar-refractivity contribution is -0.384. The fourth-order valence-electron chi connectivity index (χ4n) is 1.66. The first-order chi connectivity index (χ1) is 9.49. The Morgan fingerprint density at radius 2 is 2.10 bits per heavy atom. The SMILES string of the molecule is O=[N+]([O-])c1ccc(NCc2cccc(Br)c2O)cc1Cl. The van der Waals surface area contributed by atoms with Crippen LogP contribution in [0.25, 0.3) is 0 Å². The highest BCUT2D eigenvalue weighted by molar-refractivity contribution is 9.10. The van der Waals surface area contributed by atoms with E-state index < -0.39 is 4.92 Å². The van der Waals surface area contributed by atoms with Crippen molar-refractivity contribution in [1.82, 2.24) is 0 Å². The molecule has 2 rings (SSSR count). The van der Waals surface area contributed by atoms with Gasteiger partial charge in [0.05, 0.1) is 9.40 Å². The van der Waals surface area contributed by atoms with E-state index in [0.717, 1.165) is 0 Å². The molecule has 0 heterocycles. The Kier molecular flexibility index (Phi) is 4.46. The third kappa shape index (κ3) is 3.20. The van der Waals surface area contributed by atoms with Crippen molar-refractivity contribution in [2.45, 2.75) is 6.54 Å². The highest BCUT2D eigenvalue weighted by atomic mass is 79.9. The molecule has 0 aliphatic heterocycles. The van der Waals surface area contributed by atoms with E-state index in [0.29, 0.717) is 22.3 Å². The number of nitrogens with one attached hydrogen (secondary N) is 1. The molecule has 0 spiro atoms. The van der Waals surface area contributed by atoms with Gasteiger partial charge in [0.1, 0.15) is 10.8 Å². The second-order valence-corrected chi connectivity index (χ2v) is 5.29. The number of phenolic OH excluding ortho intramolecular Hbond substituents is 1. The minimum absolute atomic E-state index is 0.0680. The summed E-state index contributed by atoms with van der Waals surface area (Å²) in [6.45, 7) is 0.374. The summed E-state index contributed by atoms with van der Waals surface area (Å²) in [5.74, 6) is 0.160. The van der Waals surface area contributed by atoms with Gasteiger partial charge in [0, 0.05) is 23.9 Å². The molecule has 0 atom stereocenters. The maximum Gasteiger partial charge on any atom is 0.288 e. The van der Waals surface area contributed by atoms with Crippen molar-refractivity contribution in [3.05, 3.63) is 61.6 Å². The monoisotopic (exact) mass is 356 g/mol. The summed E-state index contributed by atoms with van der Waals surface area (Å²) < 4.78 is 0.610. The van der Waals surface area contributed by atoms with E-state index in [4.69, 9.17) is 11.6 Å². The molecule has 7 heteroatoms. The van der Waals surface area contributed by atoms with Crippen molar-refractivity contribution in [2.75, 3.05) is 5.32 Å². The number of nitro groups is 1. The van der Waals surface area contributed by atoms with Crippen molar-refractivity contribution in [1.29, 1.82) is 0 Å². The lowest BCUT2D eigenvalue weighted by atomic mass is 10.2. The second-order valence-electron chi connectivity index (χ2n) is 4.02. The van der Waals surface area contributed by atoms with Crippen molar-refractivity contribution >= 4 is 38.9 Å². The average molecular weight is 358 g/mol. The van der Waals surface area contributed by atoms with Crippen LogP contribution >= 0.6 is 27.5 Å². The van der Waals surface area contributed by atoms with Crippen LogP contribution in [0.3, 0.4) is 0 Å². The molecule has 2 aromatic rings. The maximum atomic E-state index is 10.7. The molecule has 0 aromatic heterocycles. The second kappa shape index (κ2) is 6.11. The standard InChI is InChI=1S/C13H10BrClN2O3/c14-10-3-1-2-8(13(10)18)7-16-9-4-5-12(17(19)20)11(15)6-9/h1-6,16,18H,7H2. The predicted molar refractivity (Wildman–Crippen MR) is 81.2 cm³/mol. The molecule has 5 nitrogen and oxygen atoms in total. The molecule has 0 aliphatic carbocycles. The zero-order valence-corrected chi connectivity index (χ0v) is 12.5. The number of aromatic hydroxyl groups is 1. The van der Waals surface area contributed by atoms with Gasteiger partial charge < -0.3 is 10.4 Å². The lowest BCUT2D eigenvalue weighted by Crippen LogP contribution is -2.00. The van der Waals surface area contributed by atoms with Gasteiger partial charge in [-0.15, -0.1) is 0 Å².